The first kappa shape index (κ1) is 24.5. The molecule has 2 heterocycles. The van der Waals surface area contributed by atoms with Crippen LogP contribution in [0.5, 0.6) is 0 Å². The first-order chi connectivity index (χ1) is 16.6. The number of carbonyl (C=O) groups excluding carboxylic acids is 3. The van der Waals surface area contributed by atoms with E-state index in [4.69, 9.17) is 28.3 Å². The first-order valence-electron chi connectivity index (χ1n) is 10.7. The fraction of sp³-hybridized carbons (Fsp3) is 0.261. The molecule has 1 fully saturated rings. The number of carboxylic acid groups (broad SMARTS) is 1. The summed E-state index contributed by atoms with van der Waals surface area (Å²) in [5.41, 5.74) is 1.74. The summed E-state index contributed by atoms with van der Waals surface area (Å²) in [5, 5.41) is 15.1. The zero-order valence-electron chi connectivity index (χ0n) is 18.5. The van der Waals surface area contributed by atoms with Crippen LogP contribution in [-0.2, 0) is 9.59 Å². The van der Waals surface area contributed by atoms with Crippen LogP contribution in [0.1, 0.15) is 45.9 Å². The monoisotopic (exact) mass is 517 g/mol. The average molecular weight is 518 g/mol. The van der Waals surface area contributed by atoms with Crippen molar-refractivity contribution in [2.24, 2.45) is 0 Å². The van der Waals surface area contributed by atoms with E-state index in [2.05, 4.69) is 20.6 Å². The number of aromatic nitrogens is 2. The van der Waals surface area contributed by atoms with Crippen LogP contribution in [0.15, 0.2) is 36.4 Å². The molecule has 0 aliphatic carbocycles. The summed E-state index contributed by atoms with van der Waals surface area (Å²) in [6.07, 6.45) is -0.526. The highest BCUT2D eigenvalue weighted by Crippen LogP contribution is 2.24. The number of aliphatic carboxylic acids is 1. The zero-order chi connectivity index (χ0) is 25.3. The van der Waals surface area contributed by atoms with Gasteiger partial charge in [0.15, 0.2) is 0 Å². The standard InChI is InChI=1S/C23H21Cl2N5O5/c1-11(20-28-16-5-3-13(24)9-17(16)29-20)27-21(33)12-2-4-14(15(25)8-12)23(35)30-7-6-26-22(34)18(30)10-19(31)32/h2-5,8-9,11,18H,6-7,10H2,1H3,(H,26,34)(H,27,33)(H,28,29)(H,31,32). The number of H-pyrrole nitrogens is 1. The maximum atomic E-state index is 13.1. The molecule has 0 saturated carbocycles. The van der Waals surface area contributed by atoms with Gasteiger partial charge in [-0.1, -0.05) is 23.2 Å². The third-order valence-electron chi connectivity index (χ3n) is 5.64. The first-order valence-corrected chi connectivity index (χ1v) is 11.5. The summed E-state index contributed by atoms with van der Waals surface area (Å²) in [6, 6.07) is 7.81. The SMILES string of the molecule is CC(NC(=O)c1ccc(C(=O)N2CCNC(=O)C2CC(=O)O)c(Cl)c1)c1nc2ccc(Cl)cc2[nH]1. The number of fused-ring (bicyclic) bond motifs is 1. The van der Waals surface area contributed by atoms with Gasteiger partial charge in [0.1, 0.15) is 11.9 Å². The second kappa shape index (κ2) is 9.93. The Labute approximate surface area is 209 Å². The summed E-state index contributed by atoms with van der Waals surface area (Å²) in [5.74, 6) is -2.22. The third kappa shape index (κ3) is 5.23. The average Bonchev–Trinajstić information content (AvgIpc) is 3.23. The molecule has 4 N–H and O–H groups in total. The Kier molecular flexibility index (Phi) is 6.95. The maximum Gasteiger partial charge on any atom is 0.305 e. The van der Waals surface area contributed by atoms with E-state index in [1.54, 1.807) is 25.1 Å². The van der Waals surface area contributed by atoms with Gasteiger partial charge in [0.05, 0.1) is 34.1 Å². The van der Waals surface area contributed by atoms with Crippen molar-refractivity contribution in [3.05, 3.63) is 63.4 Å². The molecule has 35 heavy (non-hydrogen) atoms. The zero-order valence-corrected chi connectivity index (χ0v) is 20.0. The lowest BCUT2D eigenvalue weighted by atomic mass is 10.0. The number of nitrogens with zero attached hydrogens (tertiary/aromatic N) is 2. The van der Waals surface area contributed by atoms with Crippen LogP contribution in [0.4, 0.5) is 0 Å². The van der Waals surface area contributed by atoms with E-state index in [1.807, 2.05) is 0 Å². The second-order valence-corrected chi connectivity index (χ2v) is 8.92. The molecular weight excluding hydrogens is 497 g/mol. The molecule has 3 aromatic rings. The van der Waals surface area contributed by atoms with Crippen molar-refractivity contribution < 1.29 is 24.3 Å². The number of carboxylic acids is 1. The number of imidazole rings is 1. The predicted octanol–water partition coefficient (Wildman–Crippen LogP) is 2.78. The lowest BCUT2D eigenvalue weighted by Crippen LogP contribution is -2.57. The number of halogens is 2. The Balaban J connectivity index is 1.49. The predicted molar refractivity (Wildman–Crippen MR) is 129 cm³/mol. The minimum Gasteiger partial charge on any atom is -0.481 e. The number of aromatic amines is 1. The highest BCUT2D eigenvalue weighted by Gasteiger charge is 2.35. The molecule has 182 valence electrons. The lowest BCUT2D eigenvalue weighted by molar-refractivity contribution is -0.142. The highest BCUT2D eigenvalue weighted by atomic mass is 35.5. The molecule has 1 aliphatic heterocycles. The Hall–Kier alpha value is -3.63. The second-order valence-electron chi connectivity index (χ2n) is 8.08. The van der Waals surface area contributed by atoms with Gasteiger partial charge in [0, 0.05) is 23.7 Å². The van der Waals surface area contributed by atoms with E-state index in [0.717, 1.165) is 5.52 Å². The van der Waals surface area contributed by atoms with Gasteiger partial charge < -0.3 is 25.6 Å². The van der Waals surface area contributed by atoms with Crippen LogP contribution in [0, 0.1) is 0 Å². The van der Waals surface area contributed by atoms with Crippen LogP contribution in [0.2, 0.25) is 10.0 Å². The maximum absolute atomic E-state index is 13.1. The minimum atomic E-state index is -1.20. The number of carbonyl (C=O) groups is 4. The van der Waals surface area contributed by atoms with Crippen molar-refractivity contribution in [2.45, 2.75) is 25.4 Å². The minimum absolute atomic E-state index is 0.00809. The van der Waals surface area contributed by atoms with Crippen molar-refractivity contribution in [2.75, 3.05) is 13.1 Å². The Bertz CT molecular complexity index is 1340. The summed E-state index contributed by atoms with van der Waals surface area (Å²) in [4.78, 5) is 57.9. The number of nitrogens with one attached hydrogen (secondary N) is 3. The van der Waals surface area contributed by atoms with Gasteiger partial charge in [-0.15, -0.1) is 0 Å². The van der Waals surface area contributed by atoms with Crippen LogP contribution in [0.3, 0.4) is 0 Å². The molecule has 2 atom stereocenters. The quantitative estimate of drug-likeness (QED) is 0.395. The van der Waals surface area contributed by atoms with E-state index in [1.165, 1.54) is 23.1 Å². The molecule has 0 bridgehead atoms. The van der Waals surface area contributed by atoms with Gasteiger partial charge in [-0.2, -0.15) is 0 Å². The largest absolute Gasteiger partial charge is 0.481 e. The fourth-order valence-electron chi connectivity index (χ4n) is 3.87. The number of hydrogen-bond acceptors (Lipinski definition) is 5. The molecule has 12 heteroatoms. The normalized spacial score (nSPS) is 16.6. The lowest BCUT2D eigenvalue weighted by Gasteiger charge is -2.34. The van der Waals surface area contributed by atoms with Gasteiger partial charge >= 0.3 is 5.97 Å². The molecular formula is C23H21Cl2N5O5. The van der Waals surface area contributed by atoms with Crippen LogP contribution >= 0.6 is 23.2 Å². The van der Waals surface area contributed by atoms with Crippen molar-refractivity contribution in [1.82, 2.24) is 25.5 Å². The number of benzene rings is 2. The summed E-state index contributed by atoms with van der Waals surface area (Å²) >= 11 is 12.3. The Morgan fingerprint density at radius 3 is 2.71 bits per heavy atom. The summed E-state index contributed by atoms with van der Waals surface area (Å²) in [7, 11) is 0. The van der Waals surface area contributed by atoms with Crippen molar-refractivity contribution in [3.63, 3.8) is 0 Å². The number of piperazine rings is 1. The number of hydrogen-bond donors (Lipinski definition) is 4. The molecule has 10 nitrogen and oxygen atoms in total. The number of rotatable bonds is 6. The van der Waals surface area contributed by atoms with Gasteiger partial charge in [0.2, 0.25) is 5.91 Å². The molecule has 0 spiro atoms. The summed E-state index contributed by atoms with van der Waals surface area (Å²) in [6.45, 7) is 2.10. The van der Waals surface area contributed by atoms with Crippen LogP contribution < -0.4 is 10.6 Å². The van der Waals surface area contributed by atoms with Gasteiger partial charge in [0.25, 0.3) is 11.8 Å². The van der Waals surface area contributed by atoms with E-state index in [0.29, 0.717) is 16.4 Å². The highest BCUT2D eigenvalue weighted by molar-refractivity contribution is 6.34. The van der Waals surface area contributed by atoms with E-state index in [-0.39, 0.29) is 29.2 Å². The molecule has 2 unspecified atom stereocenters. The van der Waals surface area contributed by atoms with Crippen LogP contribution in [-0.4, -0.2) is 62.8 Å². The van der Waals surface area contributed by atoms with E-state index >= 15 is 0 Å². The topological polar surface area (TPSA) is 144 Å². The molecule has 1 saturated heterocycles. The molecule has 3 amide bonds. The fourth-order valence-corrected chi connectivity index (χ4v) is 4.30. The molecule has 4 rings (SSSR count). The van der Waals surface area contributed by atoms with Crippen LogP contribution in [0.25, 0.3) is 11.0 Å². The van der Waals surface area contributed by atoms with Crippen molar-refractivity contribution >= 4 is 57.9 Å². The van der Waals surface area contributed by atoms with Crippen molar-refractivity contribution in [1.29, 1.82) is 0 Å². The Morgan fingerprint density at radius 2 is 2.00 bits per heavy atom. The molecule has 1 aliphatic rings. The van der Waals surface area contributed by atoms with Gasteiger partial charge in [-0.25, -0.2) is 4.98 Å². The van der Waals surface area contributed by atoms with Crippen molar-refractivity contribution in [3.8, 4) is 0 Å². The van der Waals surface area contributed by atoms with E-state index < -0.39 is 42.2 Å². The smallest absolute Gasteiger partial charge is 0.305 e. The van der Waals surface area contributed by atoms with Gasteiger partial charge in [-0.05, 0) is 43.3 Å². The molecule has 1 aromatic heterocycles. The Morgan fingerprint density at radius 1 is 1.23 bits per heavy atom. The summed E-state index contributed by atoms with van der Waals surface area (Å²) < 4.78 is 0. The van der Waals surface area contributed by atoms with Gasteiger partial charge in [-0.3, -0.25) is 19.2 Å². The number of amides is 3. The molecule has 2 aromatic carbocycles. The third-order valence-corrected chi connectivity index (χ3v) is 6.19. The van der Waals surface area contributed by atoms with E-state index in [9.17, 15) is 19.2 Å². The molecule has 0 radical (unpaired) electrons.